The molecule has 16 heavy (non-hydrogen) atoms. The lowest BCUT2D eigenvalue weighted by Gasteiger charge is -1.92. The molecule has 0 spiro atoms. The van der Waals surface area contributed by atoms with Gasteiger partial charge in [0, 0.05) is 11.6 Å². The van der Waals surface area contributed by atoms with Gasteiger partial charge in [-0.2, -0.15) is 0 Å². The number of carboxylic acids is 1. The number of hydrogen-bond donors (Lipinski definition) is 1. The Labute approximate surface area is 101 Å². The fourth-order valence-electron chi connectivity index (χ4n) is 1.35. The summed E-state index contributed by atoms with van der Waals surface area (Å²) in [7, 11) is 0. The Morgan fingerprint density at radius 1 is 1.50 bits per heavy atom. The fourth-order valence-corrected chi connectivity index (χ4v) is 2.98. The van der Waals surface area contributed by atoms with Gasteiger partial charge in [0.15, 0.2) is 10.0 Å². The Hall–Kier alpha value is -1.27. The second kappa shape index (κ2) is 4.71. The van der Waals surface area contributed by atoms with E-state index >= 15 is 0 Å². The molecule has 0 saturated heterocycles. The molecule has 0 saturated carbocycles. The van der Waals surface area contributed by atoms with Crippen molar-refractivity contribution in [3.63, 3.8) is 0 Å². The maximum atomic E-state index is 11.0. The van der Waals surface area contributed by atoms with Crippen molar-refractivity contribution in [2.75, 3.05) is 0 Å². The van der Waals surface area contributed by atoms with E-state index in [2.05, 4.69) is 9.97 Å². The van der Waals surface area contributed by atoms with Gasteiger partial charge in [0.25, 0.3) is 0 Å². The summed E-state index contributed by atoms with van der Waals surface area (Å²) in [4.78, 5) is 19.9. The molecule has 0 aliphatic rings. The number of aromatic nitrogens is 2. The van der Waals surface area contributed by atoms with Crippen LogP contribution in [0, 0.1) is 0 Å². The van der Waals surface area contributed by atoms with Crippen molar-refractivity contribution in [3.8, 4) is 10.0 Å². The van der Waals surface area contributed by atoms with Crippen LogP contribution in [0.2, 0.25) is 0 Å². The average molecular weight is 254 g/mol. The van der Waals surface area contributed by atoms with Crippen LogP contribution in [0.4, 0.5) is 0 Å². The van der Waals surface area contributed by atoms with Crippen LogP contribution >= 0.6 is 22.7 Å². The molecule has 1 N–H and O–H groups in total. The lowest BCUT2D eigenvalue weighted by molar-refractivity contribution is 0.0700. The van der Waals surface area contributed by atoms with Crippen molar-refractivity contribution in [3.05, 3.63) is 22.1 Å². The van der Waals surface area contributed by atoms with E-state index in [0.717, 1.165) is 11.4 Å². The van der Waals surface area contributed by atoms with E-state index in [4.69, 9.17) is 5.11 Å². The van der Waals surface area contributed by atoms with E-state index in [1.54, 1.807) is 6.20 Å². The van der Waals surface area contributed by atoms with Gasteiger partial charge in [-0.25, -0.2) is 14.8 Å². The molecule has 0 aromatic carbocycles. The standard InChI is InChI=1S/C10H10N2O2S2/c1-2-3-6-7(10(13)14)16-9(12-6)8-11-4-5-15-8/h4-5H,2-3H2,1H3,(H,13,14). The quantitative estimate of drug-likeness (QED) is 0.911. The Kier molecular flexibility index (Phi) is 3.31. The predicted octanol–water partition coefficient (Wildman–Crippen LogP) is 2.92. The fraction of sp³-hybridized carbons (Fsp3) is 0.300. The van der Waals surface area contributed by atoms with E-state index in [-0.39, 0.29) is 0 Å². The molecule has 0 aliphatic heterocycles. The third-order valence-corrected chi connectivity index (χ3v) is 4.00. The molecule has 0 amide bonds. The van der Waals surface area contributed by atoms with E-state index < -0.39 is 5.97 Å². The average Bonchev–Trinajstić information content (AvgIpc) is 2.83. The second-order valence-electron chi connectivity index (χ2n) is 3.19. The zero-order valence-electron chi connectivity index (χ0n) is 8.64. The van der Waals surface area contributed by atoms with Gasteiger partial charge in [-0.15, -0.1) is 22.7 Å². The van der Waals surface area contributed by atoms with Gasteiger partial charge in [0.2, 0.25) is 0 Å². The third kappa shape index (κ3) is 2.12. The van der Waals surface area contributed by atoms with Crippen molar-refractivity contribution in [1.29, 1.82) is 0 Å². The van der Waals surface area contributed by atoms with Crippen LogP contribution in [0.3, 0.4) is 0 Å². The van der Waals surface area contributed by atoms with Gasteiger partial charge in [-0.3, -0.25) is 0 Å². The van der Waals surface area contributed by atoms with Crippen molar-refractivity contribution < 1.29 is 9.90 Å². The van der Waals surface area contributed by atoms with E-state index in [9.17, 15) is 4.79 Å². The van der Waals surface area contributed by atoms with Crippen LogP contribution < -0.4 is 0 Å². The van der Waals surface area contributed by atoms with E-state index in [1.807, 2.05) is 12.3 Å². The first-order valence-corrected chi connectivity index (χ1v) is 6.54. The monoisotopic (exact) mass is 254 g/mol. The number of rotatable bonds is 4. The zero-order valence-corrected chi connectivity index (χ0v) is 10.3. The van der Waals surface area contributed by atoms with Gasteiger partial charge in [-0.05, 0) is 6.42 Å². The first kappa shape index (κ1) is 11.2. The van der Waals surface area contributed by atoms with Gasteiger partial charge < -0.3 is 5.11 Å². The lowest BCUT2D eigenvalue weighted by Crippen LogP contribution is -1.98. The predicted molar refractivity (Wildman–Crippen MR) is 64.2 cm³/mol. The second-order valence-corrected chi connectivity index (χ2v) is 5.08. The van der Waals surface area contributed by atoms with Crippen LogP contribution in [-0.4, -0.2) is 21.0 Å². The lowest BCUT2D eigenvalue weighted by atomic mass is 10.2. The van der Waals surface area contributed by atoms with Gasteiger partial charge >= 0.3 is 5.97 Å². The highest BCUT2D eigenvalue weighted by Gasteiger charge is 2.18. The molecule has 0 aliphatic carbocycles. The van der Waals surface area contributed by atoms with Crippen molar-refractivity contribution in [1.82, 2.24) is 9.97 Å². The smallest absolute Gasteiger partial charge is 0.347 e. The molecule has 6 heteroatoms. The summed E-state index contributed by atoms with van der Waals surface area (Å²) in [5.41, 5.74) is 0.671. The maximum Gasteiger partial charge on any atom is 0.347 e. The van der Waals surface area contributed by atoms with Crippen molar-refractivity contribution >= 4 is 28.6 Å². The largest absolute Gasteiger partial charge is 0.477 e. The highest BCUT2D eigenvalue weighted by Crippen LogP contribution is 2.30. The zero-order chi connectivity index (χ0) is 11.5. The summed E-state index contributed by atoms with van der Waals surface area (Å²) in [6, 6.07) is 0. The number of nitrogens with zero attached hydrogens (tertiary/aromatic N) is 2. The molecule has 0 radical (unpaired) electrons. The minimum atomic E-state index is -0.899. The summed E-state index contributed by atoms with van der Waals surface area (Å²) < 4.78 is 0. The third-order valence-electron chi connectivity index (χ3n) is 1.99. The van der Waals surface area contributed by atoms with E-state index in [0.29, 0.717) is 22.0 Å². The molecule has 2 aromatic heterocycles. The Balaban J connectivity index is 2.42. The first-order chi connectivity index (χ1) is 7.72. The minimum absolute atomic E-state index is 0.340. The van der Waals surface area contributed by atoms with Crippen LogP contribution in [0.5, 0.6) is 0 Å². The maximum absolute atomic E-state index is 11.0. The topological polar surface area (TPSA) is 63.1 Å². The highest BCUT2D eigenvalue weighted by molar-refractivity contribution is 7.21. The highest BCUT2D eigenvalue weighted by atomic mass is 32.1. The SMILES string of the molecule is CCCc1nc(-c2nccs2)sc1C(=O)O. The molecular formula is C10H10N2O2S2. The Morgan fingerprint density at radius 2 is 2.31 bits per heavy atom. The number of hydrogen-bond acceptors (Lipinski definition) is 5. The Morgan fingerprint density at radius 3 is 2.88 bits per heavy atom. The molecule has 2 heterocycles. The van der Waals surface area contributed by atoms with Crippen LogP contribution in [0.25, 0.3) is 10.0 Å². The van der Waals surface area contributed by atoms with Crippen LogP contribution in [0.15, 0.2) is 11.6 Å². The van der Waals surface area contributed by atoms with E-state index in [1.165, 1.54) is 22.7 Å². The molecule has 0 bridgehead atoms. The molecule has 0 fully saturated rings. The van der Waals surface area contributed by atoms with Crippen molar-refractivity contribution in [2.24, 2.45) is 0 Å². The van der Waals surface area contributed by atoms with Gasteiger partial charge in [-0.1, -0.05) is 13.3 Å². The summed E-state index contributed by atoms with van der Waals surface area (Å²) in [6.07, 6.45) is 3.28. The first-order valence-electron chi connectivity index (χ1n) is 4.85. The van der Waals surface area contributed by atoms with Crippen molar-refractivity contribution in [2.45, 2.75) is 19.8 Å². The molecule has 0 unspecified atom stereocenters. The summed E-state index contributed by atoms with van der Waals surface area (Å²) in [5.74, 6) is -0.899. The summed E-state index contributed by atoms with van der Waals surface area (Å²) in [6.45, 7) is 2.01. The molecule has 4 nitrogen and oxygen atoms in total. The molecule has 2 rings (SSSR count). The number of aromatic carboxylic acids is 1. The normalized spacial score (nSPS) is 10.6. The van der Waals surface area contributed by atoms with Gasteiger partial charge in [0.05, 0.1) is 5.69 Å². The molecule has 84 valence electrons. The summed E-state index contributed by atoms with van der Waals surface area (Å²) in [5, 5.41) is 12.4. The van der Waals surface area contributed by atoms with Crippen LogP contribution in [-0.2, 0) is 6.42 Å². The van der Waals surface area contributed by atoms with Gasteiger partial charge in [0.1, 0.15) is 4.88 Å². The van der Waals surface area contributed by atoms with Crippen LogP contribution in [0.1, 0.15) is 28.7 Å². The summed E-state index contributed by atoms with van der Waals surface area (Å²) >= 11 is 2.67. The molecule has 2 aromatic rings. The Bertz CT molecular complexity index is 491. The number of carbonyl (C=O) groups is 1. The molecule has 0 atom stereocenters. The minimum Gasteiger partial charge on any atom is -0.477 e. The molecular weight excluding hydrogens is 244 g/mol. The number of aryl methyl sites for hydroxylation is 1. The number of thiazole rings is 2. The number of carboxylic acid groups (broad SMARTS) is 1.